The van der Waals surface area contributed by atoms with Gasteiger partial charge in [0.15, 0.2) is 0 Å². The fourth-order valence-corrected chi connectivity index (χ4v) is 6.95. The van der Waals surface area contributed by atoms with Gasteiger partial charge < -0.3 is 15.0 Å². The maximum atomic E-state index is 13.5. The number of anilines is 1. The van der Waals surface area contributed by atoms with Crippen molar-refractivity contribution in [1.29, 1.82) is 0 Å². The van der Waals surface area contributed by atoms with Crippen LogP contribution in [0.2, 0.25) is 0 Å². The molecule has 3 aliphatic rings. The Labute approximate surface area is 238 Å². The zero-order chi connectivity index (χ0) is 28.2. The van der Waals surface area contributed by atoms with Crippen molar-refractivity contribution in [3.8, 4) is 0 Å². The first-order valence-corrected chi connectivity index (χ1v) is 14.8. The number of thiazole rings is 1. The summed E-state index contributed by atoms with van der Waals surface area (Å²) < 4.78 is 5.53. The van der Waals surface area contributed by atoms with Crippen molar-refractivity contribution in [3.05, 3.63) is 69.8 Å². The number of ether oxygens (including phenoxy) is 1. The Hall–Kier alpha value is -3.72. The Bertz CT molecular complexity index is 1530. The van der Waals surface area contributed by atoms with E-state index in [9.17, 15) is 14.4 Å². The first-order chi connectivity index (χ1) is 19.1. The number of piperidine rings is 2. The van der Waals surface area contributed by atoms with E-state index in [1.165, 1.54) is 0 Å². The minimum absolute atomic E-state index is 0.126. The first-order valence-electron chi connectivity index (χ1n) is 13.9. The maximum absolute atomic E-state index is 13.5. The second-order valence-electron chi connectivity index (χ2n) is 11.9. The molecule has 40 heavy (non-hydrogen) atoms. The zero-order valence-electron chi connectivity index (χ0n) is 23.2. The molecular weight excluding hydrogens is 524 g/mol. The topological polar surface area (TPSA) is 91.8 Å². The molecule has 2 aromatic carbocycles. The van der Waals surface area contributed by atoms with Gasteiger partial charge in [-0.1, -0.05) is 24.8 Å². The fourth-order valence-electron chi connectivity index (χ4n) is 5.96. The van der Waals surface area contributed by atoms with Crippen molar-refractivity contribution in [2.45, 2.75) is 70.4 Å². The summed E-state index contributed by atoms with van der Waals surface area (Å²) >= 11 is 1.68. The highest BCUT2D eigenvalue weighted by Crippen LogP contribution is 2.42. The van der Waals surface area contributed by atoms with E-state index in [1.807, 2.05) is 39.0 Å². The number of carbonyl (C=O) groups is 3. The van der Waals surface area contributed by atoms with E-state index >= 15 is 0 Å². The van der Waals surface area contributed by atoms with Crippen LogP contribution in [-0.2, 0) is 16.0 Å². The average Bonchev–Trinajstić information content (AvgIpc) is 3.49. The molecule has 1 N–H and O–H groups in total. The van der Waals surface area contributed by atoms with E-state index in [1.54, 1.807) is 21.1 Å². The minimum Gasteiger partial charge on any atom is -0.444 e. The molecule has 3 amide bonds. The molecule has 1 aromatic heterocycles. The average molecular weight is 559 g/mol. The highest BCUT2D eigenvalue weighted by molar-refractivity contribution is 7.09. The molecule has 0 bridgehead atoms. The van der Waals surface area contributed by atoms with Gasteiger partial charge >= 0.3 is 6.09 Å². The SMILES string of the molecule is C=C1CCC(N2C(=O)c3cccc4c(Cc5csc(C6CCN(C(=O)OC(C)(C)C)CC6)n5)ccc2c34)C(=O)N1. The molecule has 4 heterocycles. The van der Waals surface area contributed by atoms with Crippen LogP contribution < -0.4 is 10.2 Å². The molecule has 0 spiro atoms. The number of hydrogen-bond donors (Lipinski definition) is 1. The van der Waals surface area contributed by atoms with E-state index in [0.717, 1.165) is 45.6 Å². The molecule has 0 radical (unpaired) electrons. The van der Waals surface area contributed by atoms with Crippen LogP contribution in [0.1, 0.15) is 79.0 Å². The fraction of sp³-hybridized carbons (Fsp3) is 0.419. The molecule has 6 rings (SSSR count). The van der Waals surface area contributed by atoms with E-state index in [-0.39, 0.29) is 17.9 Å². The zero-order valence-corrected chi connectivity index (χ0v) is 24.0. The summed E-state index contributed by atoms with van der Waals surface area (Å²) in [6.07, 6.45) is 3.37. The van der Waals surface area contributed by atoms with Gasteiger partial charge in [0.25, 0.3) is 5.91 Å². The van der Waals surface area contributed by atoms with Gasteiger partial charge in [-0.15, -0.1) is 11.3 Å². The highest BCUT2D eigenvalue weighted by atomic mass is 32.1. The Balaban J connectivity index is 1.19. The van der Waals surface area contributed by atoms with Crippen molar-refractivity contribution >= 4 is 45.7 Å². The number of allylic oxidation sites excluding steroid dienone is 1. The van der Waals surface area contributed by atoms with Crippen molar-refractivity contribution in [3.63, 3.8) is 0 Å². The lowest BCUT2D eigenvalue weighted by Crippen LogP contribution is -2.51. The normalized spacial score (nSPS) is 19.9. The summed E-state index contributed by atoms with van der Waals surface area (Å²) in [5.74, 6) is 0.0230. The number of aromatic nitrogens is 1. The standard InChI is InChI=1S/C31H34N4O4S/c1-18-8-10-25(27(36)32-18)35-24-11-9-20(22-6-5-7-23(26(22)24)29(35)37)16-21-17-40-28(33-21)19-12-14-34(15-13-19)30(38)39-31(2,3)4/h5-7,9,11,17,19,25H,1,8,10,12-16H2,2-4H3,(H,32,36). The van der Waals surface area contributed by atoms with Crippen LogP contribution in [0.5, 0.6) is 0 Å². The van der Waals surface area contributed by atoms with Gasteiger partial charge in [-0.05, 0) is 69.5 Å². The van der Waals surface area contributed by atoms with E-state index in [0.29, 0.717) is 49.5 Å². The molecule has 8 nitrogen and oxygen atoms in total. The summed E-state index contributed by atoms with van der Waals surface area (Å²) in [4.78, 5) is 47.1. The number of likely N-dealkylation sites (tertiary alicyclic amines) is 1. The van der Waals surface area contributed by atoms with Crippen molar-refractivity contribution < 1.29 is 19.1 Å². The summed E-state index contributed by atoms with van der Waals surface area (Å²) in [5.41, 5.74) is 3.74. The number of amides is 3. The third kappa shape index (κ3) is 4.87. The summed E-state index contributed by atoms with van der Waals surface area (Å²) in [5, 5.41) is 7.97. The van der Waals surface area contributed by atoms with Gasteiger partial charge in [0.05, 0.1) is 16.4 Å². The Morgan fingerprint density at radius 2 is 1.93 bits per heavy atom. The van der Waals surface area contributed by atoms with Crippen LogP contribution in [-0.4, -0.2) is 52.5 Å². The van der Waals surface area contributed by atoms with Crippen molar-refractivity contribution in [1.82, 2.24) is 15.2 Å². The summed E-state index contributed by atoms with van der Waals surface area (Å²) in [7, 11) is 0. The van der Waals surface area contributed by atoms with Gasteiger partial charge in [-0.25, -0.2) is 9.78 Å². The number of nitrogens with zero attached hydrogens (tertiary/aromatic N) is 3. The lowest BCUT2D eigenvalue weighted by molar-refractivity contribution is -0.122. The molecule has 3 aromatic rings. The lowest BCUT2D eigenvalue weighted by atomic mass is 9.97. The molecule has 1 atom stereocenters. The summed E-state index contributed by atoms with van der Waals surface area (Å²) in [6.45, 7) is 10.9. The Morgan fingerprint density at radius 1 is 1.15 bits per heavy atom. The molecule has 1 unspecified atom stereocenters. The lowest BCUT2D eigenvalue weighted by Gasteiger charge is -2.32. The van der Waals surface area contributed by atoms with Gasteiger partial charge in [0, 0.05) is 47.5 Å². The molecule has 2 fully saturated rings. The monoisotopic (exact) mass is 558 g/mol. The van der Waals surface area contributed by atoms with Gasteiger partial charge in [-0.3, -0.25) is 14.5 Å². The molecule has 3 aliphatic heterocycles. The predicted molar refractivity (Wildman–Crippen MR) is 156 cm³/mol. The Kier molecular flexibility index (Phi) is 6.65. The number of nitrogens with one attached hydrogen (secondary N) is 1. The molecule has 208 valence electrons. The molecule has 2 saturated heterocycles. The molecule has 0 saturated carbocycles. The largest absolute Gasteiger partial charge is 0.444 e. The maximum Gasteiger partial charge on any atom is 0.410 e. The quantitative estimate of drug-likeness (QED) is 0.440. The van der Waals surface area contributed by atoms with Crippen molar-refractivity contribution in [2.24, 2.45) is 0 Å². The van der Waals surface area contributed by atoms with Crippen LogP contribution in [0.4, 0.5) is 10.5 Å². The number of rotatable bonds is 4. The number of carbonyl (C=O) groups excluding carboxylic acids is 3. The predicted octanol–water partition coefficient (Wildman–Crippen LogP) is 5.75. The van der Waals surface area contributed by atoms with Crippen LogP contribution >= 0.6 is 11.3 Å². The minimum atomic E-state index is -0.540. The molecule has 0 aliphatic carbocycles. The Morgan fingerprint density at radius 3 is 2.65 bits per heavy atom. The second-order valence-corrected chi connectivity index (χ2v) is 12.8. The van der Waals surface area contributed by atoms with E-state index in [4.69, 9.17) is 9.72 Å². The second kappa shape index (κ2) is 10.0. The third-order valence-corrected chi connectivity index (χ3v) is 8.94. The highest BCUT2D eigenvalue weighted by Gasteiger charge is 2.40. The number of benzene rings is 2. The first kappa shape index (κ1) is 26.5. The van der Waals surface area contributed by atoms with E-state index in [2.05, 4.69) is 29.4 Å². The smallest absolute Gasteiger partial charge is 0.410 e. The van der Waals surface area contributed by atoms with E-state index < -0.39 is 11.6 Å². The van der Waals surface area contributed by atoms with Crippen LogP contribution in [0.15, 0.2) is 48.0 Å². The molecule has 9 heteroatoms. The number of hydrogen-bond acceptors (Lipinski definition) is 6. The third-order valence-electron chi connectivity index (χ3n) is 7.89. The van der Waals surface area contributed by atoms with Gasteiger partial charge in [0.2, 0.25) is 5.91 Å². The van der Waals surface area contributed by atoms with Crippen LogP contribution in [0, 0.1) is 0 Å². The summed E-state index contributed by atoms with van der Waals surface area (Å²) in [6, 6.07) is 9.31. The van der Waals surface area contributed by atoms with Gasteiger partial charge in [0.1, 0.15) is 11.6 Å². The van der Waals surface area contributed by atoms with Crippen LogP contribution in [0.3, 0.4) is 0 Å². The van der Waals surface area contributed by atoms with Crippen LogP contribution in [0.25, 0.3) is 10.8 Å². The van der Waals surface area contributed by atoms with Gasteiger partial charge in [-0.2, -0.15) is 0 Å². The molecular formula is C31H34N4O4S. The van der Waals surface area contributed by atoms with Crippen molar-refractivity contribution in [2.75, 3.05) is 18.0 Å².